The Morgan fingerprint density at radius 2 is 2.10 bits per heavy atom. The summed E-state index contributed by atoms with van der Waals surface area (Å²) in [5, 5.41) is 4.51. The van der Waals surface area contributed by atoms with Crippen molar-refractivity contribution < 1.29 is 0 Å². The molecular formula is C16H22N4. The number of nitrogens with two attached hydrogens (primary N) is 1. The van der Waals surface area contributed by atoms with Gasteiger partial charge in [0.25, 0.3) is 0 Å². The van der Waals surface area contributed by atoms with E-state index in [9.17, 15) is 0 Å². The third-order valence-electron chi connectivity index (χ3n) is 4.18. The number of nitrogens with zero attached hydrogens (tertiary/aromatic N) is 2. The Morgan fingerprint density at radius 3 is 2.90 bits per heavy atom. The van der Waals surface area contributed by atoms with Gasteiger partial charge in [-0.05, 0) is 57.1 Å². The largest absolute Gasteiger partial charge is 0.397 e. The van der Waals surface area contributed by atoms with Crippen molar-refractivity contribution in [3.05, 3.63) is 30.5 Å². The summed E-state index contributed by atoms with van der Waals surface area (Å²) >= 11 is 0. The lowest BCUT2D eigenvalue weighted by molar-refractivity contribution is 0.269. The molecule has 0 amide bonds. The lowest BCUT2D eigenvalue weighted by Gasteiger charge is -2.24. The van der Waals surface area contributed by atoms with Crippen LogP contribution in [0.2, 0.25) is 0 Å². The van der Waals surface area contributed by atoms with Crippen molar-refractivity contribution in [2.24, 2.45) is 0 Å². The third-order valence-corrected chi connectivity index (χ3v) is 4.18. The van der Waals surface area contributed by atoms with E-state index in [0.717, 1.165) is 28.8 Å². The maximum Gasteiger partial charge on any atom is 0.0724 e. The number of benzene rings is 1. The summed E-state index contributed by atoms with van der Waals surface area (Å²) in [6, 6.07) is 8.54. The number of nitrogens with one attached hydrogen (secondary N) is 1. The molecule has 1 aromatic carbocycles. The minimum Gasteiger partial charge on any atom is -0.397 e. The van der Waals surface area contributed by atoms with Gasteiger partial charge in [0.05, 0.1) is 16.9 Å². The second kappa shape index (κ2) is 5.67. The zero-order chi connectivity index (χ0) is 13.9. The van der Waals surface area contributed by atoms with Crippen molar-refractivity contribution in [2.45, 2.75) is 25.8 Å². The van der Waals surface area contributed by atoms with Gasteiger partial charge < -0.3 is 11.1 Å². The molecule has 1 fully saturated rings. The van der Waals surface area contributed by atoms with Crippen LogP contribution in [0.15, 0.2) is 30.5 Å². The summed E-state index contributed by atoms with van der Waals surface area (Å²) in [5.41, 5.74) is 9.00. The molecule has 2 heterocycles. The molecule has 4 nitrogen and oxygen atoms in total. The molecule has 0 aliphatic carbocycles. The number of pyridine rings is 1. The highest BCUT2D eigenvalue weighted by molar-refractivity contribution is 5.96. The molecule has 0 saturated carbocycles. The van der Waals surface area contributed by atoms with Crippen LogP contribution in [-0.2, 0) is 0 Å². The van der Waals surface area contributed by atoms with Crippen LogP contribution in [0.1, 0.15) is 19.8 Å². The number of nitrogen functional groups attached to an aromatic ring is 1. The van der Waals surface area contributed by atoms with Gasteiger partial charge in [-0.3, -0.25) is 9.88 Å². The zero-order valence-corrected chi connectivity index (χ0v) is 12.0. The Hall–Kier alpha value is -1.81. The Balaban J connectivity index is 1.72. The van der Waals surface area contributed by atoms with Crippen LogP contribution in [0, 0.1) is 0 Å². The van der Waals surface area contributed by atoms with Gasteiger partial charge in [-0.25, -0.2) is 0 Å². The predicted molar refractivity (Wildman–Crippen MR) is 84.9 cm³/mol. The average Bonchev–Trinajstić information content (AvgIpc) is 3.01. The van der Waals surface area contributed by atoms with Crippen molar-refractivity contribution in [3.8, 4) is 0 Å². The summed E-state index contributed by atoms with van der Waals surface area (Å²) in [7, 11) is 0. The lowest BCUT2D eigenvalue weighted by atomic mass is 10.1. The van der Waals surface area contributed by atoms with E-state index in [2.05, 4.69) is 22.1 Å². The molecule has 3 N–H and O–H groups in total. The molecule has 0 bridgehead atoms. The summed E-state index contributed by atoms with van der Waals surface area (Å²) in [5.74, 6) is 0. The standard InChI is InChI=1S/C16H22N4/c1-12(20-9-2-3-10-20)11-19-15-7-6-14-13(16(15)17)5-4-8-18-14/h4-8,12,19H,2-3,9-11,17H2,1H3. The summed E-state index contributed by atoms with van der Waals surface area (Å²) in [4.78, 5) is 6.86. The molecule has 3 rings (SSSR count). The fourth-order valence-electron chi connectivity index (χ4n) is 2.90. The molecule has 2 aromatic rings. The highest BCUT2D eigenvalue weighted by Crippen LogP contribution is 2.27. The Labute approximate surface area is 120 Å². The van der Waals surface area contributed by atoms with Crippen LogP contribution >= 0.6 is 0 Å². The summed E-state index contributed by atoms with van der Waals surface area (Å²) in [6.45, 7) is 5.65. The van der Waals surface area contributed by atoms with Crippen LogP contribution in [0.3, 0.4) is 0 Å². The van der Waals surface area contributed by atoms with Crippen LogP contribution in [0.5, 0.6) is 0 Å². The zero-order valence-electron chi connectivity index (χ0n) is 12.0. The van der Waals surface area contributed by atoms with E-state index in [-0.39, 0.29) is 0 Å². The van der Waals surface area contributed by atoms with Crippen molar-refractivity contribution in [1.82, 2.24) is 9.88 Å². The number of likely N-dealkylation sites (tertiary alicyclic amines) is 1. The van der Waals surface area contributed by atoms with Crippen LogP contribution in [-0.4, -0.2) is 35.6 Å². The second-order valence-electron chi connectivity index (χ2n) is 5.57. The van der Waals surface area contributed by atoms with E-state index in [1.807, 2.05) is 24.3 Å². The molecule has 1 saturated heterocycles. The van der Waals surface area contributed by atoms with Gasteiger partial charge in [0.2, 0.25) is 0 Å². The van der Waals surface area contributed by atoms with E-state index >= 15 is 0 Å². The Kier molecular flexibility index (Phi) is 3.74. The van der Waals surface area contributed by atoms with Gasteiger partial charge in [0.15, 0.2) is 0 Å². The number of anilines is 2. The van der Waals surface area contributed by atoms with Crippen molar-refractivity contribution in [3.63, 3.8) is 0 Å². The van der Waals surface area contributed by atoms with E-state index in [1.54, 1.807) is 6.20 Å². The first-order chi connectivity index (χ1) is 9.75. The second-order valence-corrected chi connectivity index (χ2v) is 5.57. The Bertz CT molecular complexity index is 590. The van der Waals surface area contributed by atoms with E-state index in [4.69, 9.17) is 5.73 Å². The van der Waals surface area contributed by atoms with Gasteiger partial charge in [0, 0.05) is 24.2 Å². The molecule has 1 aliphatic heterocycles. The monoisotopic (exact) mass is 270 g/mol. The predicted octanol–water partition coefficient (Wildman–Crippen LogP) is 2.71. The van der Waals surface area contributed by atoms with Gasteiger partial charge in [-0.2, -0.15) is 0 Å². The van der Waals surface area contributed by atoms with E-state index in [1.165, 1.54) is 25.9 Å². The van der Waals surface area contributed by atoms with Crippen molar-refractivity contribution >= 4 is 22.3 Å². The number of rotatable bonds is 4. The topological polar surface area (TPSA) is 54.2 Å². The van der Waals surface area contributed by atoms with E-state index in [0.29, 0.717) is 6.04 Å². The first kappa shape index (κ1) is 13.2. The smallest absolute Gasteiger partial charge is 0.0724 e. The third kappa shape index (κ3) is 2.56. The highest BCUT2D eigenvalue weighted by atomic mass is 15.2. The SMILES string of the molecule is CC(CNc1ccc2ncccc2c1N)N1CCCC1. The fraction of sp³-hybridized carbons (Fsp3) is 0.438. The Morgan fingerprint density at radius 1 is 1.30 bits per heavy atom. The maximum absolute atomic E-state index is 6.24. The maximum atomic E-state index is 6.24. The molecule has 20 heavy (non-hydrogen) atoms. The number of fused-ring (bicyclic) bond motifs is 1. The molecule has 0 spiro atoms. The summed E-state index contributed by atoms with van der Waals surface area (Å²) in [6.07, 6.45) is 4.45. The van der Waals surface area contributed by atoms with Crippen LogP contribution < -0.4 is 11.1 Å². The average molecular weight is 270 g/mol. The lowest BCUT2D eigenvalue weighted by Crippen LogP contribution is -2.35. The minimum atomic E-state index is 0.543. The van der Waals surface area contributed by atoms with Crippen molar-refractivity contribution in [2.75, 3.05) is 30.7 Å². The van der Waals surface area contributed by atoms with Gasteiger partial charge in [-0.1, -0.05) is 0 Å². The van der Waals surface area contributed by atoms with Gasteiger partial charge >= 0.3 is 0 Å². The molecule has 1 atom stereocenters. The molecule has 1 aromatic heterocycles. The molecule has 4 heteroatoms. The molecule has 1 unspecified atom stereocenters. The van der Waals surface area contributed by atoms with Crippen molar-refractivity contribution in [1.29, 1.82) is 0 Å². The number of hydrogen-bond acceptors (Lipinski definition) is 4. The normalized spacial score (nSPS) is 17.4. The van der Waals surface area contributed by atoms with E-state index < -0.39 is 0 Å². The molecule has 106 valence electrons. The molecule has 0 radical (unpaired) electrons. The van der Waals surface area contributed by atoms with Crippen LogP contribution in [0.4, 0.5) is 11.4 Å². The van der Waals surface area contributed by atoms with Crippen LogP contribution in [0.25, 0.3) is 10.9 Å². The van der Waals surface area contributed by atoms with Gasteiger partial charge in [-0.15, -0.1) is 0 Å². The van der Waals surface area contributed by atoms with Gasteiger partial charge in [0.1, 0.15) is 0 Å². The molecule has 1 aliphatic rings. The summed E-state index contributed by atoms with van der Waals surface area (Å²) < 4.78 is 0. The number of aromatic nitrogens is 1. The highest BCUT2D eigenvalue weighted by Gasteiger charge is 2.17. The number of hydrogen-bond donors (Lipinski definition) is 2. The first-order valence-electron chi connectivity index (χ1n) is 7.37. The fourth-order valence-corrected chi connectivity index (χ4v) is 2.90. The minimum absolute atomic E-state index is 0.543. The molecular weight excluding hydrogens is 248 g/mol. The first-order valence-corrected chi connectivity index (χ1v) is 7.37. The quantitative estimate of drug-likeness (QED) is 0.839.